The number of nitrogens with one attached hydrogen (secondary N) is 1. The van der Waals surface area contributed by atoms with Crippen LogP contribution in [0.3, 0.4) is 0 Å². The zero-order valence-corrected chi connectivity index (χ0v) is 19.6. The van der Waals surface area contributed by atoms with Crippen molar-refractivity contribution in [3.63, 3.8) is 0 Å². The molecular formula is C25H24ClFN4O3. The van der Waals surface area contributed by atoms with Gasteiger partial charge in [0.2, 0.25) is 5.95 Å². The quantitative estimate of drug-likeness (QED) is 0.313. The molecule has 0 saturated carbocycles. The minimum atomic E-state index is -0.485. The van der Waals surface area contributed by atoms with Crippen molar-refractivity contribution in [2.75, 3.05) is 5.32 Å². The SMILES string of the molecule is CCC(C)c1ccc(OCc2ccc(C(=O)Nc3ncn(Cc4ccc(F)cc4Cl)n3)o2)cc1. The van der Waals surface area contributed by atoms with Gasteiger partial charge in [0, 0.05) is 5.02 Å². The molecule has 4 aromatic rings. The number of furan rings is 1. The van der Waals surface area contributed by atoms with Crippen molar-refractivity contribution in [3.05, 3.63) is 94.4 Å². The van der Waals surface area contributed by atoms with Crippen LogP contribution < -0.4 is 10.1 Å². The van der Waals surface area contributed by atoms with E-state index in [0.717, 1.165) is 12.2 Å². The summed E-state index contributed by atoms with van der Waals surface area (Å²) in [6, 6.07) is 15.3. The van der Waals surface area contributed by atoms with E-state index >= 15 is 0 Å². The van der Waals surface area contributed by atoms with Gasteiger partial charge in [-0.1, -0.05) is 43.6 Å². The fourth-order valence-corrected chi connectivity index (χ4v) is 3.50. The number of ether oxygens (including phenoxy) is 1. The zero-order valence-electron chi connectivity index (χ0n) is 18.8. The monoisotopic (exact) mass is 482 g/mol. The molecule has 0 aliphatic rings. The van der Waals surface area contributed by atoms with Gasteiger partial charge in [0.05, 0.1) is 6.54 Å². The summed E-state index contributed by atoms with van der Waals surface area (Å²) in [6.07, 6.45) is 2.53. The highest BCUT2D eigenvalue weighted by Gasteiger charge is 2.15. The summed E-state index contributed by atoms with van der Waals surface area (Å²) < 4.78 is 26.0. The number of anilines is 1. The second-order valence-electron chi connectivity index (χ2n) is 7.89. The molecule has 1 amide bonds. The predicted octanol–water partition coefficient (Wildman–Crippen LogP) is 6.06. The Bertz CT molecular complexity index is 1270. The number of nitrogens with zero attached hydrogens (tertiary/aromatic N) is 3. The van der Waals surface area contributed by atoms with Crippen molar-refractivity contribution >= 4 is 23.5 Å². The first-order valence-electron chi connectivity index (χ1n) is 10.9. The average Bonchev–Trinajstić information content (AvgIpc) is 3.49. The number of aromatic nitrogens is 3. The molecule has 2 heterocycles. The van der Waals surface area contributed by atoms with Crippen LogP contribution in [-0.2, 0) is 13.2 Å². The van der Waals surface area contributed by atoms with E-state index in [1.54, 1.807) is 18.2 Å². The topological polar surface area (TPSA) is 82.2 Å². The summed E-state index contributed by atoms with van der Waals surface area (Å²) in [7, 11) is 0. The highest BCUT2D eigenvalue weighted by atomic mass is 35.5. The number of rotatable bonds is 9. The van der Waals surface area contributed by atoms with Gasteiger partial charge in [-0.05, 0) is 59.9 Å². The lowest BCUT2D eigenvalue weighted by Crippen LogP contribution is -2.12. The fourth-order valence-electron chi connectivity index (χ4n) is 3.28. The number of hydrogen-bond donors (Lipinski definition) is 1. The maximum absolute atomic E-state index is 13.2. The van der Waals surface area contributed by atoms with Gasteiger partial charge in [0.25, 0.3) is 5.91 Å². The Labute approximate surface area is 201 Å². The molecule has 1 unspecified atom stereocenters. The molecule has 0 aliphatic heterocycles. The van der Waals surface area contributed by atoms with Crippen LogP contribution in [0, 0.1) is 5.82 Å². The third-order valence-electron chi connectivity index (χ3n) is 5.44. The first kappa shape index (κ1) is 23.5. The van der Waals surface area contributed by atoms with Crippen LogP contribution in [0.15, 0.2) is 65.3 Å². The maximum Gasteiger partial charge on any atom is 0.293 e. The van der Waals surface area contributed by atoms with E-state index < -0.39 is 11.7 Å². The van der Waals surface area contributed by atoms with Crippen LogP contribution >= 0.6 is 11.6 Å². The van der Waals surface area contributed by atoms with Crippen LogP contribution in [-0.4, -0.2) is 20.7 Å². The molecular weight excluding hydrogens is 459 g/mol. The van der Waals surface area contributed by atoms with Gasteiger partial charge in [-0.15, -0.1) is 5.10 Å². The second-order valence-corrected chi connectivity index (χ2v) is 8.30. The molecule has 7 nitrogen and oxygen atoms in total. The van der Waals surface area contributed by atoms with Crippen LogP contribution in [0.1, 0.15) is 53.6 Å². The first-order valence-corrected chi connectivity index (χ1v) is 11.2. The van der Waals surface area contributed by atoms with Crippen molar-refractivity contribution in [2.24, 2.45) is 0 Å². The summed E-state index contributed by atoms with van der Waals surface area (Å²) in [5.74, 6) is 1.07. The Balaban J connectivity index is 1.31. The molecule has 2 aromatic carbocycles. The van der Waals surface area contributed by atoms with Crippen LogP contribution in [0.4, 0.5) is 10.3 Å². The molecule has 2 aromatic heterocycles. The largest absolute Gasteiger partial charge is 0.486 e. The summed E-state index contributed by atoms with van der Waals surface area (Å²) in [6.45, 7) is 4.82. The van der Waals surface area contributed by atoms with E-state index in [0.29, 0.717) is 17.2 Å². The maximum atomic E-state index is 13.2. The van der Waals surface area contributed by atoms with E-state index in [1.165, 1.54) is 28.7 Å². The number of amides is 1. The zero-order chi connectivity index (χ0) is 24.1. The Morgan fingerprint density at radius 2 is 2.00 bits per heavy atom. The number of carbonyl (C=O) groups excluding carboxylic acids is 1. The number of carbonyl (C=O) groups is 1. The molecule has 0 spiro atoms. The minimum absolute atomic E-state index is 0.110. The summed E-state index contributed by atoms with van der Waals surface area (Å²) >= 11 is 6.05. The molecule has 176 valence electrons. The van der Waals surface area contributed by atoms with Crippen LogP contribution in [0.25, 0.3) is 0 Å². The van der Waals surface area contributed by atoms with Gasteiger partial charge >= 0.3 is 0 Å². The molecule has 1 N–H and O–H groups in total. The van der Waals surface area contributed by atoms with Gasteiger partial charge in [-0.2, -0.15) is 0 Å². The van der Waals surface area contributed by atoms with Gasteiger partial charge in [0.15, 0.2) is 5.76 Å². The lowest BCUT2D eigenvalue weighted by molar-refractivity contribution is 0.0991. The predicted molar refractivity (Wildman–Crippen MR) is 127 cm³/mol. The normalized spacial score (nSPS) is 11.9. The van der Waals surface area contributed by atoms with Crippen molar-refractivity contribution in [1.82, 2.24) is 14.8 Å². The highest BCUT2D eigenvalue weighted by Crippen LogP contribution is 2.22. The number of halogens is 2. The smallest absolute Gasteiger partial charge is 0.293 e. The van der Waals surface area contributed by atoms with Crippen LogP contribution in [0.5, 0.6) is 5.75 Å². The van der Waals surface area contributed by atoms with Crippen molar-refractivity contribution in [1.29, 1.82) is 0 Å². The molecule has 0 aliphatic carbocycles. The van der Waals surface area contributed by atoms with E-state index in [2.05, 4.69) is 41.4 Å². The van der Waals surface area contributed by atoms with E-state index in [1.807, 2.05) is 12.1 Å². The Morgan fingerprint density at radius 1 is 1.21 bits per heavy atom. The molecule has 0 radical (unpaired) electrons. The first-order chi connectivity index (χ1) is 16.4. The third kappa shape index (κ3) is 5.82. The highest BCUT2D eigenvalue weighted by molar-refractivity contribution is 6.31. The van der Waals surface area contributed by atoms with Crippen molar-refractivity contribution < 1.29 is 18.3 Å². The third-order valence-corrected chi connectivity index (χ3v) is 5.79. The second kappa shape index (κ2) is 10.5. The van der Waals surface area contributed by atoms with E-state index in [-0.39, 0.29) is 29.9 Å². The van der Waals surface area contributed by atoms with Gasteiger partial charge in [-0.25, -0.2) is 14.1 Å². The number of hydrogen-bond acceptors (Lipinski definition) is 5. The number of benzene rings is 2. The standard InChI is InChI=1S/C25H24ClFN4O3/c1-3-16(2)17-5-8-20(9-6-17)33-14-21-10-11-23(34-21)24(32)29-25-28-15-31(30-25)13-18-4-7-19(27)12-22(18)26/h4-12,15-16H,3,13-14H2,1-2H3,(H,29,30,32). The fraction of sp³-hybridized carbons (Fsp3) is 0.240. The molecule has 4 rings (SSSR count). The molecule has 9 heteroatoms. The summed E-state index contributed by atoms with van der Waals surface area (Å²) in [5, 5.41) is 7.08. The van der Waals surface area contributed by atoms with E-state index in [4.69, 9.17) is 20.8 Å². The molecule has 34 heavy (non-hydrogen) atoms. The lowest BCUT2D eigenvalue weighted by Gasteiger charge is -2.10. The molecule has 0 fully saturated rings. The minimum Gasteiger partial charge on any atom is -0.486 e. The summed E-state index contributed by atoms with van der Waals surface area (Å²) in [5.41, 5.74) is 1.94. The van der Waals surface area contributed by atoms with E-state index in [9.17, 15) is 9.18 Å². The molecule has 1 atom stereocenters. The van der Waals surface area contributed by atoms with Gasteiger partial charge in [0.1, 0.15) is 30.3 Å². The van der Waals surface area contributed by atoms with Crippen LogP contribution in [0.2, 0.25) is 5.02 Å². The van der Waals surface area contributed by atoms with Crippen molar-refractivity contribution in [2.45, 2.75) is 39.3 Å². The Hall–Kier alpha value is -3.65. The average molecular weight is 483 g/mol. The lowest BCUT2D eigenvalue weighted by atomic mass is 9.99. The Kier molecular flexibility index (Phi) is 7.27. The molecule has 0 saturated heterocycles. The molecule has 0 bridgehead atoms. The van der Waals surface area contributed by atoms with Gasteiger partial charge in [-0.3, -0.25) is 10.1 Å². The Morgan fingerprint density at radius 3 is 2.74 bits per heavy atom. The van der Waals surface area contributed by atoms with Gasteiger partial charge < -0.3 is 9.15 Å². The van der Waals surface area contributed by atoms with Crippen molar-refractivity contribution in [3.8, 4) is 5.75 Å². The summed E-state index contributed by atoms with van der Waals surface area (Å²) in [4.78, 5) is 16.6.